The summed E-state index contributed by atoms with van der Waals surface area (Å²) >= 11 is 4.99. The molecule has 0 bridgehead atoms. The molecule has 5 heteroatoms. The Kier molecular flexibility index (Phi) is 3.54. The van der Waals surface area contributed by atoms with E-state index in [1.165, 1.54) is 0 Å². The van der Waals surface area contributed by atoms with E-state index < -0.39 is 0 Å². The highest BCUT2D eigenvalue weighted by molar-refractivity contribution is 9.10. The zero-order valence-electron chi connectivity index (χ0n) is 10.7. The fraction of sp³-hybridized carbons (Fsp3) is 0.0667. The number of carbonyl (C=O) groups is 1. The van der Waals surface area contributed by atoms with Gasteiger partial charge in [-0.05, 0) is 40.5 Å². The predicted octanol–water partition coefficient (Wildman–Crippen LogP) is 4.48. The van der Waals surface area contributed by atoms with Crippen molar-refractivity contribution < 1.29 is 4.79 Å². The molecule has 0 unspecified atom stereocenters. The van der Waals surface area contributed by atoms with Crippen LogP contribution in [0.1, 0.15) is 15.9 Å². The Hall–Kier alpha value is -1.72. The average molecular weight is 347 g/mol. The van der Waals surface area contributed by atoms with Gasteiger partial charge in [0.25, 0.3) is 0 Å². The van der Waals surface area contributed by atoms with Crippen LogP contribution >= 0.6 is 27.3 Å². The topological polar surface area (TPSA) is 34.9 Å². The van der Waals surface area contributed by atoms with Crippen molar-refractivity contribution in [1.29, 1.82) is 0 Å². The molecule has 3 rings (SSSR count). The summed E-state index contributed by atoms with van der Waals surface area (Å²) in [7, 11) is 0. The minimum absolute atomic E-state index is 0.600. The lowest BCUT2D eigenvalue weighted by Gasteiger charge is -2.04. The SMILES string of the molecule is Cc1ccccc1-n1cc(C=O)c(-c2cc(Br)cs2)n1. The van der Waals surface area contributed by atoms with Crippen LogP contribution in [0.3, 0.4) is 0 Å². The van der Waals surface area contributed by atoms with E-state index >= 15 is 0 Å². The normalized spacial score (nSPS) is 10.7. The Morgan fingerprint density at radius 2 is 2.15 bits per heavy atom. The maximum Gasteiger partial charge on any atom is 0.153 e. The lowest BCUT2D eigenvalue weighted by molar-refractivity contribution is 0.112. The third-order valence-corrected chi connectivity index (χ3v) is 4.73. The van der Waals surface area contributed by atoms with Gasteiger partial charge in [0.15, 0.2) is 6.29 Å². The number of thiophene rings is 1. The van der Waals surface area contributed by atoms with Gasteiger partial charge in [-0.1, -0.05) is 18.2 Å². The molecule has 20 heavy (non-hydrogen) atoms. The van der Waals surface area contributed by atoms with Gasteiger partial charge < -0.3 is 0 Å². The first-order valence-electron chi connectivity index (χ1n) is 6.04. The molecular weight excluding hydrogens is 336 g/mol. The molecule has 0 aliphatic heterocycles. The summed E-state index contributed by atoms with van der Waals surface area (Å²) in [4.78, 5) is 12.3. The van der Waals surface area contributed by atoms with Crippen LogP contribution in [-0.4, -0.2) is 16.1 Å². The monoisotopic (exact) mass is 346 g/mol. The van der Waals surface area contributed by atoms with Crippen molar-refractivity contribution in [1.82, 2.24) is 9.78 Å². The van der Waals surface area contributed by atoms with Crippen molar-refractivity contribution in [3.8, 4) is 16.3 Å². The Labute approximate surface area is 129 Å². The number of benzene rings is 1. The number of aryl methyl sites for hydroxylation is 1. The number of rotatable bonds is 3. The molecule has 0 radical (unpaired) electrons. The maximum absolute atomic E-state index is 11.3. The van der Waals surface area contributed by atoms with Gasteiger partial charge in [0.05, 0.1) is 16.1 Å². The zero-order valence-corrected chi connectivity index (χ0v) is 13.1. The molecule has 0 atom stereocenters. The summed E-state index contributed by atoms with van der Waals surface area (Å²) in [6, 6.07) is 9.94. The second-order valence-electron chi connectivity index (χ2n) is 4.41. The second kappa shape index (κ2) is 5.34. The summed E-state index contributed by atoms with van der Waals surface area (Å²) in [5.74, 6) is 0. The molecular formula is C15H11BrN2OS. The lowest BCUT2D eigenvalue weighted by Crippen LogP contribution is -1.97. The van der Waals surface area contributed by atoms with Crippen LogP contribution in [0, 0.1) is 6.92 Å². The van der Waals surface area contributed by atoms with Gasteiger partial charge in [-0.3, -0.25) is 4.79 Å². The van der Waals surface area contributed by atoms with Crippen molar-refractivity contribution in [2.45, 2.75) is 6.92 Å². The zero-order chi connectivity index (χ0) is 14.1. The van der Waals surface area contributed by atoms with Crippen molar-refractivity contribution in [2.24, 2.45) is 0 Å². The molecule has 2 aromatic heterocycles. The van der Waals surface area contributed by atoms with E-state index in [0.29, 0.717) is 5.56 Å². The first-order valence-corrected chi connectivity index (χ1v) is 7.71. The number of carbonyl (C=O) groups excluding carboxylic acids is 1. The Balaban J connectivity index is 2.14. The van der Waals surface area contributed by atoms with E-state index in [1.54, 1.807) is 22.2 Å². The quantitative estimate of drug-likeness (QED) is 0.655. The fourth-order valence-corrected chi connectivity index (χ4v) is 3.48. The van der Waals surface area contributed by atoms with Gasteiger partial charge >= 0.3 is 0 Å². The van der Waals surface area contributed by atoms with Crippen LogP contribution in [0.4, 0.5) is 0 Å². The third kappa shape index (κ3) is 2.34. The number of nitrogens with zero attached hydrogens (tertiary/aromatic N) is 2. The molecule has 0 saturated carbocycles. The molecule has 2 heterocycles. The van der Waals surface area contributed by atoms with E-state index in [0.717, 1.165) is 32.6 Å². The van der Waals surface area contributed by atoms with Crippen LogP contribution in [0.2, 0.25) is 0 Å². The van der Waals surface area contributed by atoms with E-state index in [-0.39, 0.29) is 0 Å². The Morgan fingerprint density at radius 3 is 2.80 bits per heavy atom. The van der Waals surface area contributed by atoms with E-state index in [9.17, 15) is 4.79 Å². The summed E-state index contributed by atoms with van der Waals surface area (Å²) in [5, 5.41) is 6.55. The van der Waals surface area contributed by atoms with Crippen molar-refractivity contribution >= 4 is 33.6 Å². The predicted molar refractivity (Wildman–Crippen MR) is 84.7 cm³/mol. The van der Waals surface area contributed by atoms with Gasteiger partial charge in [-0.25, -0.2) is 4.68 Å². The number of hydrogen-bond donors (Lipinski definition) is 0. The number of hydrogen-bond acceptors (Lipinski definition) is 3. The smallest absolute Gasteiger partial charge is 0.153 e. The number of halogens is 1. The summed E-state index contributed by atoms with van der Waals surface area (Å²) in [6.07, 6.45) is 2.63. The van der Waals surface area contributed by atoms with Gasteiger partial charge in [-0.2, -0.15) is 5.10 Å². The molecule has 0 saturated heterocycles. The van der Waals surface area contributed by atoms with Crippen molar-refractivity contribution in [3.05, 3.63) is 57.5 Å². The first-order chi connectivity index (χ1) is 9.69. The number of para-hydroxylation sites is 1. The van der Waals surface area contributed by atoms with Gasteiger partial charge in [-0.15, -0.1) is 11.3 Å². The standard InChI is InChI=1S/C15H11BrN2OS/c1-10-4-2-3-5-13(10)18-7-11(8-19)15(17-18)14-6-12(16)9-20-14/h2-9H,1H3. The second-order valence-corrected chi connectivity index (χ2v) is 6.24. The molecule has 0 aliphatic carbocycles. The molecule has 3 nitrogen and oxygen atoms in total. The average Bonchev–Trinajstić information content (AvgIpc) is 3.05. The van der Waals surface area contributed by atoms with Crippen LogP contribution in [-0.2, 0) is 0 Å². The van der Waals surface area contributed by atoms with E-state index in [4.69, 9.17) is 0 Å². The Bertz CT molecular complexity index is 776. The van der Waals surface area contributed by atoms with Crippen molar-refractivity contribution in [2.75, 3.05) is 0 Å². The molecule has 1 aromatic carbocycles. The molecule has 0 amide bonds. The van der Waals surface area contributed by atoms with Gasteiger partial charge in [0.2, 0.25) is 0 Å². The molecule has 0 fully saturated rings. The van der Waals surface area contributed by atoms with Crippen LogP contribution in [0.5, 0.6) is 0 Å². The summed E-state index contributed by atoms with van der Waals surface area (Å²) < 4.78 is 2.77. The van der Waals surface area contributed by atoms with E-state index in [1.807, 2.05) is 42.6 Å². The van der Waals surface area contributed by atoms with Gasteiger partial charge in [0, 0.05) is 16.0 Å². The lowest BCUT2D eigenvalue weighted by atomic mass is 10.2. The van der Waals surface area contributed by atoms with Crippen LogP contribution in [0.15, 0.2) is 46.4 Å². The maximum atomic E-state index is 11.3. The largest absolute Gasteiger partial charge is 0.298 e. The van der Waals surface area contributed by atoms with Crippen LogP contribution in [0.25, 0.3) is 16.3 Å². The highest BCUT2D eigenvalue weighted by Gasteiger charge is 2.14. The van der Waals surface area contributed by atoms with E-state index in [2.05, 4.69) is 21.0 Å². The minimum atomic E-state index is 0.600. The summed E-state index contributed by atoms with van der Waals surface area (Å²) in [5.41, 5.74) is 3.42. The highest BCUT2D eigenvalue weighted by atomic mass is 79.9. The molecule has 0 spiro atoms. The summed E-state index contributed by atoms with van der Waals surface area (Å²) in [6.45, 7) is 2.03. The Morgan fingerprint density at radius 1 is 1.35 bits per heavy atom. The number of aldehydes is 1. The molecule has 0 aliphatic rings. The number of aromatic nitrogens is 2. The molecule has 0 N–H and O–H groups in total. The van der Waals surface area contributed by atoms with Gasteiger partial charge in [0.1, 0.15) is 5.69 Å². The minimum Gasteiger partial charge on any atom is -0.298 e. The first kappa shape index (κ1) is 13.3. The molecule has 3 aromatic rings. The van der Waals surface area contributed by atoms with Crippen LogP contribution < -0.4 is 0 Å². The van der Waals surface area contributed by atoms with Crippen molar-refractivity contribution in [3.63, 3.8) is 0 Å². The highest BCUT2D eigenvalue weighted by Crippen LogP contribution is 2.31. The fourth-order valence-electron chi connectivity index (χ4n) is 2.05. The molecule has 100 valence electrons. The third-order valence-electron chi connectivity index (χ3n) is 3.03.